The van der Waals surface area contributed by atoms with Gasteiger partial charge < -0.3 is 0 Å². The molecule has 4 heteroatoms. The van der Waals surface area contributed by atoms with Gasteiger partial charge in [-0.3, -0.25) is 0 Å². The topological polar surface area (TPSA) is 21.6 Å². The highest BCUT2D eigenvalue weighted by atomic mass is 16.9. The van der Waals surface area contributed by atoms with Crippen molar-refractivity contribution in [1.29, 1.82) is 0 Å². The summed E-state index contributed by atoms with van der Waals surface area (Å²) in [4.78, 5) is 5.42. The van der Waals surface area contributed by atoms with Gasteiger partial charge in [0.2, 0.25) is 0 Å². The van der Waals surface area contributed by atoms with Crippen molar-refractivity contribution < 1.29 is 14.3 Å². The van der Waals surface area contributed by atoms with Crippen molar-refractivity contribution in [3.05, 3.63) is 0 Å². The van der Waals surface area contributed by atoms with Crippen LogP contribution in [-0.4, -0.2) is 51.4 Å². The minimum Gasteiger partial charge on any atom is -0.132 e. The lowest BCUT2D eigenvalue weighted by Gasteiger charge is -2.26. The van der Waals surface area contributed by atoms with Gasteiger partial charge in [0.15, 0.2) is 0 Å². The highest BCUT2D eigenvalue weighted by Crippen LogP contribution is 2.04. The van der Waals surface area contributed by atoms with E-state index in [2.05, 4.69) is 11.8 Å². The first-order valence-corrected chi connectivity index (χ1v) is 3.12. The molecule has 10 heavy (non-hydrogen) atoms. The summed E-state index contributed by atoms with van der Waals surface area (Å²) >= 11 is 0. The molecule has 0 atom stereocenters. The third-order valence-electron chi connectivity index (χ3n) is 0.785. The lowest BCUT2D eigenvalue weighted by molar-refractivity contribution is -1.32. The lowest BCUT2D eigenvalue weighted by atomic mass is 10.9. The van der Waals surface area contributed by atoms with E-state index in [9.17, 15) is 0 Å². The van der Waals surface area contributed by atoms with Gasteiger partial charge in [-0.1, -0.05) is 5.10 Å². The first-order chi connectivity index (χ1) is 4.27. The van der Waals surface area contributed by atoms with Gasteiger partial charge in [-0.25, -0.2) is 0 Å². The predicted octanol–water partition coefficient (Wildman–Crippen LogP) is 0.231. The Hall–Kier alpha value is -0.450. The number of hydroxylamine groups is 5. The van der Waals surface area contributed by atoms with Crippen LogP contribution in [0.3, 0.4) is 0 Å². The van der Waals surface area contributed by atoms with E-state index >= 15 is 0 Å². The second-order valence-electron chi connectivity index (χ2n) is 3.41. The van der Waals surface area contributed by atoms with Gasteiger partial charge in [0, 0.05) is 4.94 Å². The number of nitrogens with zero attached hydrogens (tertiary/aromatic N) is 3. The van der Waals surface area contributed by atoms with Gasteiger partial charge in [-0.05, 0) is 4.76 Å². The van der Waals surface area contributed by atoms with Crippen LogP contribution in [0.2, 0.25) is 0 Å². The third-order valence-corrected chi connectivity index (χ3v) is 0.785. The van der Waals surface area contributed by atoms with Crippen LogP contribution in [0.15, 0.2) is 5.10 Å². The van der Waals surface area contributed by atoms with Crippen LogP contribution in [0.5, 0.6) is 0 Å². The zero-order valence-electron chi connectivity index (χ0n) is 7.46. The Kier molecular flexibility index (Phi) is 2.54. The Morgan fingerprint density at radius 3 is 1.60 bits per heavy atom. The van der Waals surface area contributed by atoms with Gasteiger partial charge >= 0.3 is 0 Å². The van der Waals surface area contributed by atoms with Crippen molar-refractivity contribution in [2.75, 3.05) is 35.2 Å². The minimum absolute atomic E-state index is 0.115. The van der Waals surface area contributed by atoms with E-state index in [0.717, 1.165) is 0 Å². The molecule has 0 saturated carbocycles. The predicted molar refractivity (Wildman–Crippen MR) is 40.8 cm³/mol. The van der Waals surface area contributed by atoms with Crippen molar-refractivity contribution in [3.8, 4) is 0 Å². The Bertz CT molecular complexity index is 125. The van der Waals surface area contributed by atoms with Crippen LogP contribution in [0.25, 0.3) is 0 Å². The Labute approximate surface area is 62.4 Å². The molecule has 0 amide bonds. The molecule has 0 bridgehead atoms. The highest BCUT2D eigenvalue weighted by Gasteiger charge is 2.25. The molecule has 0 aromatic rings. The zero-order chi connectivity index (χ0) is 8.41. The molecule has 4 nitrogen and oxygen atoms in total. The molecule has 0 spiro atoms. The standard InChI is InChI=1S/C6H17N3O/c1-7-9(5,6)10-8(2,3)4/h1H2,2-6H3/q+2. The van der Waals surface area contributed by atoms with Crippen LogP contribution in [0.4, 0.5) is 0 Å². The fourth-order valence-electron chi connectivity index (χ4n) is 0.625. The van der Waals surface area contributed by atoms with Crippen molar-refractivity contribution in [2.24, 2.45) is 5.10 Å². The van der Waals surface area contributed by atoms with E-state index < -0.39 is 0 Å². The Balaban J connectivity index is 4.01. The minimum atomic E-state index is 0.115. The Morgan fingerprint density at radius 2 is 1.50 bits per heavy atom. The van der Waals surface area contributed by atoms with Gasteiger partial charge in [0.25, 0.3) is 0 Å². The van der Waals surface area contributed by atoms with Crippen molar-refractivity contribution in [1.82, 2.24) is 0 Å². The second kappa shape index (κ2) is 2.65. The summed E-state index contributed by atoms with van der Waals surface area (Å²) in [5.74, 6) is 0. The molecule has 0 heterocycles. The summed E-state index contributed by atoms with van der Waals surface area (Å²) in [6.07, 6.45) is 0. The van der Waals surface area contributed by atoms with Gasteiger partial charge in [-0.15, -0.1) is 4.65 Å². The molecule has 60 valence electrons. The fraction of sp³-hybridized carbons (Fsp3) is 0.833. The highest BCUT2D eigenvalue weighted by molar-refractivity contribution is 5.21. The maximum absolute atomic E-state index is 5.42. The SMILES string of the molecule is C=N[N+](C)(C)O[N+](C)(C)C. The quantitative estimate of drug-likeness (QED) is 0.318. The van der Waals surface area contributed by atoms with E-state index in [1.165, 1.54) is 0 Å². The van der Waals surface area contributed by atoms with Crippen LogP contribution in [0, 0.1) is 0 Å². The number of hydrogen-bond acceptors (Lipinski definition) is 2. The fourth-order valence-corrected chi connectivity index (χ4v) is 0.625. The maximum Gasteiger partial charge on any atom is 0.132 e. The molecule has 0 saturated heterocycles. The van der Waals surface area contributed by atoms with E-state index in [1.54, 1.807) is 0 Å². The van der Waals surface area contributed by atoms with Crippen LogP contribution in [-0.2, 0) is 4.94 Å². The molecular formula is C6H17N3O+2. The van der Waals surface area contributed by atoms with E-state index in [4.69, 9.17) is 4.94 Å². The number of hydrogen-bond donors (Lipinski definition) is 0. The Morgan fingerprint density at radius 1 is 1.10 bits per heavy atom. The summed E-state index contributed by atoms with van der Waals surface area (Å²) in [5.41, 5.74) is 0. The van der Waals surface area contributed by atoms with E-state index in [-0.39, 0.29) is 4.76 Å². The van der Waals surface area contributed by atoms with Gasteiger partial charge in [0.1, 0.15) is 35.2 Å². The molecule has 0 aromatic heterocycles. The first-order valence-electron chi connectivity index (χ1n) is 3.12. The molecule has 0 radical (unpaired) electrons. The summed E-state index contributed by atoms with van der Waals surface area (Å²) in [5, 5.41) is 3.76. The summed E-state index contributed by atoms with van der Waals surface area (Å²) < 4.78 is 0.523. The second-order valence-corrected chi connectivity index (χ2v) is 3.41. The van der Waals surface area contributed by atoms with Crippen LogP contribution < -0.4 is 0 Å². The smallest absolute Gasteiger partial charge is 0.132 e. The largest absolute Gasteiger partial charge is 0.132 e. The summed E-state index contributed by atoms with van der Waals surface area (Å²) in [6, 6.07) is 0. The molecule has 0 N–H and O–H groups in total. The first kappa shape index (κ1) is 9.55. The van der Waals surface area contributed by atoms with E-state index in [1.807, 2.05) is 35.2 Å². The molecule has 0 aliphatic rings. The molecule has 0 aromatic carbocycles. The maximum atomic E-state index is 5.42. The van der Waals surface area contributed by atoms with Crippen LogP contribution >= 0.6 is 0 Å². The molecule has 0 aliphatic carbocycles. The summed E-state index contributed by atoms with van der Waals surface area (Å²) in [7, 11) is 9.40. The number of rotatable bonds is 3. The van der Waals surface area contributed by atoms with Gasteiger partial charge in [0.05, 0.1) is 6.72 Å². The number of quaternary nitrogens is 2. The monoisotopic (exact) mass is 147 g/mol. The van der Waals surface area contributed by atoms with Crippen molar-refractivity contribution >= 4 is 6.72 Å². The average Bonchev–Trinajstić information content (AvgIpc) is 1.60. The van der Waals surface area contributed by atoms with Crippen molar-refractivity contribution in [3.63, 3.8) is 0 Å². The molecule has 0 unspecified atom stereocenters. The van der Waals surface area contributed by atoms with Crippen molar-refractivity contribution in [2.45, 2.75) is 0 Å². The summed E-state index contributed by atoms with van der Waals surface area (Å²) in [6.45, 7) is 3.40. The lowest BCUT2D eigenvalue weighted by Crippen LogP contribution is -2.47. The molecule has 0 aliphatic heterocycles. The van der Waals surface area contributed by atoms with E-state index in [0.29, 0.717) is 4.65 Å². The molecular weight excluding hydrogens is 130 g/mol. The van der Waals surface area contributed by atoms with Gasteiger partial charge in [-0.2, -0.15) is 0 Å². The molecule has 0 fully saturated rings. The third kappa shape index (κ3) is 4.43. The normalized spacial score (nSPS) is 13.3. The average molecular weight is 147 g/mol. The zero-order valence-corrected chi connectivity index (χ0v) is 7.46. The molecule has 0 rings (SSSR count). The van der Waals surface area contributed by atoms with Crippen LogP contribution in [0.1, 0.15) is 0 Å².